The van der Waals surface area contributed by atoms with E-state index in [1.165, 1.54) is 0 Å². The van der Waals surface area contributed by atoms with E-state index in [1.54, 1.807) is 0 Å². The molecule has 0 atom stereocenters. The topological polar surface area (TPSA) is 67.7 Å². The first-order chi connectivity index (χ1) is 8.67. The second kappa shape index (κ2) is 5.48. The van der Waals surface area contributed by atoms with Crippen LogP contribution in [-0.2, 0) is 13.5 Å². The molecule has 0 aliphatic carbocycles. The van der Waals surface area contributed by atoms with E-state index in [9.17, 15) is 0 Å². The van der Waals surface area contributed by atoms with Crippen LogP contribution in [0.5, 0.6) is 0 Å². The molecule has 0 bridgehead atoms. The summed E-state index contributed by atoms with van der Waals surface area (Å²) in [6.45, 7) is 2.75. The lowest BCUT2D eigenvalue weighted by Gasteiger charge is -2.07. The van der Waals surface area contributed by atoms with Gasteiger partial charge in [-0.1, -0.05) is 0 Å². The number of hydrogen-bond acceptors (Lipinski definition) is 5. The van der Waals surface area contributed by atoms with Crippen molar-refractivity contribution in [3.8, 4) is 0 Å². The van der Waals surface area contributed by atoms with Crippen molar-refractivity contribution in [2.75, 3.05) is 24.2 Å². The lowest BCUT2D eigenvalue weighted by molar-refractivity contribution is 0.742. The summed E-state index contributed by atoms with van der Waals surface area (Å²) in [5, 5.41) is 10.5. The van der Waals surface area contributed by atoms with E-state index < -0.39 is 0 Å². The first-order valence-corrected chi connectivity index (χ1v) is 5.93. The fraction of sp³-hybridized carbons (Fsp3) is 0.417. The van der Waals surface area contributed by atoms with E-state index in [-0.39, 0.29) is 0 Å². The van der Waals surface area contributed by atoms with Crippen LogP contribution in [0, 0.1) is 6.92 Å². The molecule has 6 nitrogen and oxygen atoms in total. The van der Waals surface area contributed by atoms with Crippen LogP contribution in [0.15, 0.2) is 18.3 Å². The molecule has 0 aliphatic heterocycles. The SMILES string of the molecule is CNc1nc(C)cc(NCCc2ccn(C)n2)n1. The van der Waals surface area contributed by atoms with Crippen LogP contribution in [0.2, 0.25) is 0 Å². The van der Waals surface area contributed by atoms with E-state index in [2.05, 4.69) is 25.7 Å². The Balaban J connectivity index is 1.91. The van der Waals surface area contributed by atoms with Crippen LogP contribution in [-0.4, -0.2) is 33.3 Å². The Morgan fingerprint density at radius 1 is 1.33 bits per heavy atom. The second-order valence-corrected chi connectivity index (χ2v) is 4.13. The number of rotatable bonds is 5. The first kappa shape index (κ1) is 12.3. The summed E-state index contributed by atoms with van der Waals surface area (Å²) < 4.78 is 1.81. The Labute approximate surface area is 106 Å². The third-order valence-corrected chi connectivity index (χ3v) is 2.53. The van der Waals surface area contributed by atoms with E-state index >= 15 is 0 Å². The Kier molecular flexibility index (Phi) is 3.76. The number of aryl methyl sites for hydroxylation is 2. The molecule has 2 aromatic rings. The molecule has 6 heteroatoms. The lowest BCUT2D eigenvalue weighted by atomic mass is 10.3. The van der Waals surface area contributed by atoms with Crippen molar-refractivity contribution in [3.05, 3.63) is 29.7 Å². The maximum Gasteiger partial charge on any atom is 0.224 e. The molecule has 0 saturated carbocycles. The normalized spacial score (nSPS) is 10.4. The Morgan fingerprint density at radius 3 is 2.83 bits per heavy atom. The number of anilines is 2. The predicted octanol–water partition coefficient (Wildman–Crippen LogP) is 1.21. The van der Waals surface area contributed by atoms with Gasteiger partial charge in [0.05, 0.1) is 5.69 Å². The maximum absolute atomic E-state index is 4.33. The van der Waals surface area contributed by atoms with Crippen molar-refractivity contribution in [3.63, 3.8) is 0 Å². The van der Waals surface area contributed by atoms with Crippen LogP contribution in [0.3, 0.4) is 0 Å². The summed E-state index contributed by atoms with van der Waals surface area (Å²) in [6.07, 6.45) is 2.82. The molecule has 0 spiro atoms. The van der Waals surface area contributed by atoms with Gasteiger partial charge in [-0.2, -0.15) is 10.1 Å². The van der Waals surface area contributed by atoms with Crippen LogP contribution < -0.4 is 10.6 Å². The molecule has 2 N–H and O–H groups in total. The van der Waals surface area contributed by atoms with Crippen LogP contribution in [0.4, 0.5) is 11.8 Å². The average molecular weight is 246 g/mol. The molecule has 0 aliphatic rings. The van der Waals surface area contributed by atoms with Gasteiger partial charge in [-0.15, -0.1) is 0 Å². The summed E-state index contributed by atoms with van der Waals surface area (Å²) in [5.41, 5.74) is 2.01. The van der Waals surface area contributed by atoms with Crippen LogP contribution in [0.1, 0.15) is 11.4 Å². The molecule has 0 fully saturated rings. The molecule has 0 radical (unpaired) electrons. The smallest absolute Gasteiger partial charge is 0.224 e. The summed E-state index contributed by atoms with van der Waals surface area (Å²) in [5.74, 6) is 1.47. The zero-order chi connectivity index (χ0) is 13.0. The fourth-order valence-electron chi connectivity index (χ4n) is 1.69. The van der Waals surface area contributed by atoms with Crippen molar-refractivity contribution < 1.29 is 0 Å². The summed E-state index contributed by atoms with van der Waals surface area (Å²) in [7, 11) is 3.73. The quantitative estimate of drug-likeness (QED) is 0.830. The minimum atomic E-state index is 0.635. The average Bonchev–Trinajstić information content (AvgIpc) is 2.74. The van der Waals surface area contributed by atoms with Gasteiger partial charge in [-0.25, -0.2) is 4.98 Å². The molecule has 0 aromatic carbocycles. The molecule has 96 valence electrons. The zero-order valence-electron chi connectivity index (χ0n) is 10.9. The first-order valence-electron chi connectivity index (χ1n) is 5.93. The highest BCUT2D eigenvalue weighted by molar-refractivity contribution is 5.41. The summed E-state index contributed by atoms with van der Waals surface area (Å²) in [4.78, 5) is 8.57. The monoisotopic (exact) mass is 246 g/mol. The highest BCUT2D eigenvalue weighted by Gasteiger charge is 2.01. The predicted molar refractivity (Wildman–Crippen MR) is 71.7 cm³/mol. The standard InChI is InChI=1S/C12H18N6/c1-9-8-11(16-12(13-2)15-9)14-6-4-10-5-7-18(3)17-10/h5,7-8H,4,6H2,1-3H3,(H2,13,14,15,16). The molecule has 0 saturated heterocycles. The fourth-order valence-corrected chi connectivity index (χ4v) is 1.69. The molecule has 2 aromatic heterocycles. The Morgan fingerprint density at radius 2 is 2.17 bits per heavy atom. The molecule has 18 heavy (non-hydrogen) atoms. The van der Waals surface area contributed by atoms with Gasteiger partial charge in [0.1, 0.15) is 5.82 Å². The number of aromatic nitrogens is 4. The van der Waals surface area contributed by atoms with Gasteiger partial charge in [0.25, 0.3) is 0 Å². The number of nitrogens with one attached hydrogen (secondary N) is 2. The highest BCUT2D eigenvalue weighted by atomic mass is 15.2. The van der Waals surface area contributed by atoms with Gasteiger partial charge >= 0.3 is 0 Å². The summed E-state index contributed by atoms with van der Waals surface area (Å²) >= 11 is 0. The highest BCUT2D eigenvalue weighted by Crippen LogP contribution is 2.09. The molecule has 2 rings (SSSR count). The minimum Gasteiger partial charge on any atom is -0.370 e. The maximum atomic E-state index is 4.33. The van der Waals surface area contributed by atoms with Crippen molar-refractivity contribution in [2.45, 2.75) is 13.3 Å². The van der Waals surface area contributed by atoms with Gasteiger partial charge < -0.3 is 10.6 Å². The second-order valence-electron chi connectivity index (χ2n) is 4.13. The minimum absolute atomic E-state index is 0.635. The third kappa shape index (κ3) is 3.19. The lowest BCUT2D eigenvalue weighted by Crippen LogP contribution is -2.09. The van der Waals surface area contributed by atoms with Crippen LogP contribution >= 0.6 is 0 Å². The van der Waals surface area contributed by atoms with Crippen molar-refractivity contribution in [1.82, 2.24) is 19.7 Å². The van der Waals surface area contributed by atoms with Crippen LogP contribution in [0.25, 0.3) is 0 Å². The van der Waals surface area contributed by atoms with Crippen molar-refractivity contribution >= 4 is 11.8 Å². The van der Waals surface area contributed by atoms with Crippen molar-refractivity contribution in [1.29, 1.82) is 0 Å². The largest absolute Gasteiger partial charge is 0.370 e. The Hall–Kier alpha value is -2.11. The molecular formula is C12H18N6. The Bertz CT molecular complexity index is 519. The molecule has 0 unspecified atom stereocenters. The van der Waals surface area contributed by atoms with Crippen molar-refractivity contribution in [2.24, 2.45) is 7.05 Å². The number of hydrogen-bond donors (Lipinski definition) is 2. The number of nitrogens with zero attached hydrogens (tertiary/aromatic N) is 4. The van der Waals surface area contributed by atoms with Gasteiger partial charge in [-0.3, -0.25) is 4.68 Å². The van der Waals surface area contributed by atoms with E-state index in [0.29, 0.717) is 5.95 Å². The van der Waals surface area contributed by atoms with E-state index in [4.69, 9.17) is 0 Å². The van der Waals surface area contributed by atoms with E-state index in [0.717, 1.165) is 30.2 Å². The van der Waals surface area contributed by atoms with Gasteiger partial charge in [0.15, 0.2) is 0 Å². The molecule has 0 amide bonds. The van der Waals surface area contributed by atoms with Gasteiger partial charge in [0.2, 0.25) is 5.95 Å². The summed E-state index contributed by atoms with van der Waals surface area (Å²) in [6, 6.07) is 3.95. The zero-order valence-corrected chi connectivity index (χ0v) is 10.9. The third-order valence-electron chi connectivity index (χ3n) is 2.53. The van der Waals surface area contributed by atoms with Gasteiger partial charge in [-0.05, 0) is 13.0 Å². The molecule has 2 heterocycles. The van der Waals surface area contributed by atoms with Gasteiger partial charge in [0, 0.05) is 45.0 Å². The molecular weight excluding hydrogens is 228 g/mol. The van der Waals surface area contributed by atoms with E-state index in [1.807, 2.05) is 44.0 Å².